The first-order chi connectivity index (χ1) is 26.2. The number of allylic oxidation sites excluding steroid dienone is 1. The van der Waals surface area contributed by atoms with Gasteiger partial charge in [0.05, 0.1) is 23.3 Å². The highest BCUT2D eigenvalue weighted by Gasteiger charge is 2.61. The molecule has 0 spiro atoms. The summed E-state index contributed by atoms with van der Waals surface area (Å²) in [4.78, 5) is 65.9. The molecule has 6 rings (SSSR count). The maximum absolute atomic E-state index is 14.5. The molecule has 1 saturated carbocycles. The topological polar surface area (TPSA) is 190 Å². The number of aryl methyl sites for hydroxylation is 2. The molecule has 4 heterocycles. The molecule has 55 heavy (non-hydrogen) atoms. The van der Waals surface area contributed by atoms with Gasteiger partial charge in [-0.15, -0.1) is 0 Å². The zero-order valence-electron chi connectivity index (χ0n) is 32.9. The fraction of sp³-hybridized carbons (Fsp3) is 0.600. The van der Waals surface area contributed by atoms with Crippen molar-refractivity contribution in [2.75, 3.05) is 6.54 Å². The van der Waals surface area contributed by atoms with Crippen LogP contribution < -0.4 is 20.9 Å². The molecule has 15 nitrogen and oxygen atoms in total. The number of fused-ring (bicyclic) bond motifs is 3. The molecule has 4 N–H and O–H groups in total. The number of carbonyl (C=O) groups is 4. The number of aromatic nitrogens is 3. The van der Waals surface area contributed by atoms with Gasteiger partial charge in [-0.05, 0) is 85.8 Å². The number of hydrogen-bond acceptors (Lipinski definition) is 10. The first kappa shape index (κ1) is 39.8. The summed E-state index contributed by atoms with van der Waals surface area (Å²) in [5, 5.41) is 15.3. The Bertz CT molecular complexity index is 1940. The van der Waals surface area contributed by atoms with Gasteiger partial charge in [0.15, 0.2) is 0 Å². The van der Waals surface area contributed by atoms with Gasteiger partial charge in [-0.1, -0.05) is 44.4 Å². The van der Waals surface area contributed by atoms with Crippen molar-refractivity contribution in [3.05, 3.63) is 41.8 Å². The van der Waals surface area contributed by atoms with Crippen LogP contribution in [-0.4, -0.2) is 84.3 Å². The molecule has 1 aromatic carbocycles. The van der Waals surface area contributed by atoms with Gasteiger partial charge in [0.25, 0.3) is 11.9 Å². The Morgan fingerprint density at radius 1 is 1.16 bits per heavy atom. The lowest BCUT2D eigenvalue weighted by Gasteiger charge is -2.30. The zero-order chi connectivity index (χ0) is 39.7. The van der Waals surface area contributed by atoms with Crippen LogP contribution in [0.2, 0.25) is 0 Å². The molecule has 2 fully saturated rings. The van der Waals surface area contributed by atoms with Gasteiger partial charge < -0.3 is 29.4 Å². The Labute approximate surface area is 321 Å². The Morgan fingerprint density at radius 2 is 1.95 bits per heavy atom. The third kappa shape index (κ3) is 8.51. The van der Waals surface area contributed by atoms with Crippen molar-refractivity contribution in [2.24, 2.45) is 5.92 Å². The van der Waals surface area contributed by atoms with Crippen LogP contribution in [0.4, 0.5) is 4.79 Å². The number of hydrogen-bond donors (Lipinski definition) is 4. The van der Waals surface area contributed by atoms with Crippen LogP contribution in [0.3, 0.4) is 0 Å². The second-order valence-corrected chi connectivity index (χ2v) is 16.3. The minimum Gasteiger partial charge on any atom is -0.459 e. The van der Waals surface area contributed by atoms with Crippen LogP contribution in [0, 0.1) is 12.8 Å². The number of amides is 4. The predicted octanol–water partition coefficient (Wildman–Crippen LogP) is 5.68. The molecule has 2 aromatic heterocycles. The fourth-order valence-electron chi connectivity index (χ4n) is 7.73. The van der Waals surface area contributed by atoms with E-state index < -0.39 is 53.1 Å². The first-order valence-corrected chi connectivity index (χ1v) is 19.5. The van der Waals surface area contributed by atoms with Crippen LogP contribution in [0.1, 0.15) is 110 Å². The average Bonchev–Trinajstić information content (AvgIpc) is 3.38. The van der Waals surface area contributed by atoms with E-state index in [0.29, 0.717) is 36.7 Å². The number of alkyl carbamates (subject to hydrolysis) is 1. The van der Waals surface area contributed by atoms with E-state index in [-0.39, 0.29) is 24.9 Å². The average molecular weight is 762 g/mol. The summed E-state index contributed by atoms with van der Waals surface area (Å²) in [7, 11) is 0. The molecule has 4 amide bonds. The van der Waals surface area contributed by atoms with Crippen molar-refractivity contribution in [3.8, 4) is 17.5 Å². The molecular formula is C40H55N7O8. The van der Waals surface area contributed by atoms with Crippen LogP contribution in [0.5, 0.6) is 6.01 Å². The maximum atomic E-state index is 14.5. The fourth-order valence-corrected chi connectivity index (χ4v) is 7.73. The Kier molecular flexibility index (Phi) is 11.6. The number of nitrogens with zero attached hydrogens (tertiary/aromatic N) is 4. The highest BCUT2D eigenvalue weighted by atomic mass is 16.6. The van der Waals surface area contributed by atoms with Crippen molar-refractivity contribution in [1.29, 1.82) is 0 Å². The molecule has 298 valence electrons. The molecule has 2 aliphatic heterocycles. The summed E-state index contributed by atoms with van der Waals surface area (Å²) >= 11 is 0. The van der Waals surface area contributed by atoms with E-state index in [2.05, 4.69) is 17.6 Å². The Morgan fingerprint density at radius 3 is 2.65 bits per heavy atom. The molecule has 3 aromatic rings. The summed E-state index contributed by atoms with van der Waals surface area (Å²) < 4.78 is 20.2. The highest BCUT2D eigenvalue weighted by Crippen LogP contribution is 2.45. The number of benzene rings is 1. The lowest BCUT2D eigenvalue weighted by atomic mass is 10.0. The Hall–Kier alpha value is -4.92. The molecular weight excluding hydrogens is 706 g/mol. The normalized spacial score (nSPS) is 25.4. The minimum atomic E-state index is -1.36. The van der Waals surface area contributed by atoms with Crippen molar-refractivity contribution < 1.29 is 38.3 Å². The standard InChI is InChI=1S/C40H55N7O8/c1-8-15-28-24(4)53-34(41-28)27-17-14-19-30-32(27)43-37(47(30)23(2)3)54-26-20-31-33(48)44-40(36(50)45-52)21-25(40)16-12-10-9-11-13-18-29(35(49)46(31)22-26)42-38(51)55-39(5,6)7/h12,14,16-17,19,23,25-26,29,31,52H,8-11,13,15,18,20-22H2,1-7H3,(H,42,51)(H,44,48)(H,45,50)/b16-12-/t25-,26-,29+,31+,40-/m1/s1. The van der Waals surface area contributed by atoms with E-state index in [0.717, 1.165) is 54.6 Å². The first-order valence-electron chi connectivity index (χ1n) is 19.5. The van der Waals surface area contributed by atoms with Crippen molar-refractivity contribution in [1.82, 2.24) is 35.5 Å². The number of imidazole rings is 1. The van der Waals surface area contributed by atoms with E-state index in [1.54, 1.807) is 26.3 Å². The smallest absolute Gasteiger partial charge is 0.408 e. The molecule has 3 aliphatic rings. The number of para-hydroxylation sites is 1. The van der Waals surface area contributed by atoms with Gasteiger partial charge >= 0.3 is 6.09 Å². The number of hydroxylamine groups is 1. The van der Waals surface area contributed by atoms with Crippen LogP contribution in [-0.2, 0) is 25.5 Å². The van der Waals surface area contributed by atoms with Crippen LogP contribution in [0.25, 0.3) is 22.5 Å². The van der Waals surface area contributed by atoms with E-state index in [9.17, 15) is 24.4 Å². The number of oxazole rings is 1. The summed E-state index contributed by atoms with van der Waals surface area (Å²) in [5.74, 6) is -0.835. The number of carbonyl (C=O) groups excluding carboxylic acids is 4. The lowest BCUT2D eigenvalue weighted by Crippen LogP contribution is -2.57. The summed E-state index contributed by atoms with van der Waals surface area (Å²) in [6.45, 7) is 13.3. The summed E-state index contributed by atoms with van der Waals surface area (Å²) in [6, 6.07) is 3.99. The third-order valence-electron chi connectivity index (χ3n) is 10.5. The summed E-state index contributed by atoms with van der Waals surface area (Å²) in [5.41, 5.74) is 2.64. The summed E-state index contributed by atoms with van der Waals surface area (Å²) in [6.07, 6.45) is 7.94. The molecule has 5 atom stereocenters. The van der Waals surface area contributed by atoms with Crippen LogP contribution >= 0.6 is 0 Å². The van der Waals surface area contributed by atoms with Gasteiger partial charge in [-0.25, -0.2) is 15.3 Å². The Balaban J connectivity index is 1.34. The molecule has 15 heteroatoms. The van der Waals surface area contributed by atoms with E-state index in [1.807, 2.05) is 55.7 Å². The second-order valence-electron chi connectivity index (χ2n) is 16.3. The highest BCUT2D eigenvalue weighted by molar-refractivity contribution is 5.98. The van der Waals surface area contributed by atoms with Gasteiger partial charge in [0.1, 0.15) is 40.6 Å². The van der Waals surface area contributed by atoms with E-state index in [4.69, 9.17) is 23.9 Å². The largest absolute Gasteiger partial charge is 0.459 e. The van der Waals surface area contributed by atoms with Crippen molar-refractivity contribution in [2.45, 2.75) is 142 Å². The lowest BCUT2D eigenvalue weighted by molar-refractivity contribution is -0.142. The quantitative estimate of drug-likeness (QED) is 0.126. The number of ether oxygens (including phenoxy) is 2. The zero-order valence-corrected chi connectivity index (χ0v) is 32.9. The molecule has 0 unspecified atom stereocenters. The maximum Gasteiger partial charge on any atom is 0.408 e. The van der Waals surface area contributed by atoms with Gasteiger partial charge in [-0.3, -0.25) is 24.2 Å². The van der Waals surface area contributed by atoms with Crippen molar-refractivity contribution >= 4 is 34.8 Å². The molecule has 1 saturated heterocycles. The van der Waals surface area contributed by atoms with Gasteiger partial charge in [-0.2, -0.15) is 4.98 Å². The van der Waals surface area contributed by atoms with Gasteiger partial charge in [0.2, 0.25) is 17.7 Å². The van der Waals surface area contributed by atoms with Crippen molar-refractivity contribution in [3.63, 3.8) is 0 Å². The number of rotatable bonds is 8. The molecule has 0 radical (unpaired) electrons. The van der Waals surface area contributed by atoms with Crippen LogP contribution in [0.15, 0.2) is 34.8 Å². The van der Waals surface area contributed by atoms with E-state index in [1.165, 1.54) is 4.90 Å². The minimum absolute atomic E-state index is 0.0133. The number of nitrogens with one attached hydrogen (secondary N) is 3. The monoisotopic (exact) mass is 761 g/mol. The van der Waals surface area contributed by atoms with Gasteiger partial charge in [0, 0.05) is 18.4 Å². The third-order valence-corrected chi connectivity index (χ3v) is 10.5. The SMILES string of the molecule is CCCc1nc(-c2cccc3c2nc(O[C@@H]2C[C@H]4C(=O)N[C@]5(C(=O)NO)C[C@H]5/C=C\CCCCC[C@H](NC(=O)OC(C)(C)C)C(=O)N4C2)n3C(C)C)oc1C. The van der Waals surface area contributed by atoms with E-state index >= 15 is 0 Å². The molecule has 1 aliphatic carbocycles. The predicted molar refractivity (Wildman–Crippen MR) is 203 cm³/mol. The molecule has 0 bridgehead atoms. The second kappa shape index (κ2) is 16.0.